The molecule has 0 aromatic heterocycles. The van der Waals surface area contributed by atoms with E-state index in [1.165, 1.54) is 0 Å². The van der Waals surface area contributed by atoms with Crippen LogP contribution in [0.4, 0.5) is 0 Å². The second-order valence-corrected chi connectivity index (χ2v) is 11.7. The molecule has 0 heterocycles. The summed E-state index contributed by atoms with van der Waals surface area (Å²) in [5, 5.41) is 8.88. The van der Waals surface area contributed by atoms with E-state index in [0.717, 1.165) is 4.90 Å². The normalized spacial score (nSPS) is 10.4. The fraction of sp³-hybridized carbons (Fsp3) is 0.222. The predicted molar refractivity (Wildman–Crippen MR) is 56.7 cm³/mol. The zero-order valence-electron chi connectivity index (χ0n) is 7.52. The van der Waals surface area contributed by atoms with Crippen molar-refractivity contribution in [1.29, 1.82) is 0 Å². The first-order valence-corrected chi connectivity index (χ1v) is 10.6. The van der Waals surface area contributed by atoms with Crippen molar-refractivity contribution in [2.45, 2.75) is 16.3 Å². The molecule has 1 N–H and O–H groups in total. The Labute approximate surface area is 85.6 Å². The Morgan fingerprint density at radius 3 is 2.54 bits per heavy atom. The van der Waals surface area contributed by atoms with Crippen molar-refractivity contribution in [2.75, 3.05) is 0 Å². The number of carboxylic acids is 1. The van der Waals surface area contributed by atoms with Gasteiger partial charge in [0.2, 0.25) is 0 Å². The van der Waals surface area contributed by atoms with E-state index in [2.05, 4.69) is 11.4 Å². The van der Waals surface area contributed by atoms with Gasteiger partial charge in [0.1, 0.15) is 0 Å². The van der Waals surface area contributed by atoms with E-state index in [1.807, 2.05) is 12.1 Å². The Balaban J connectivity index is 2.98. The Kier molecular flexibility index (Phi) is 3.88. The van der Waals surface area contributed by atoms with Crippen molar-refractivity contribution < 1.29 is 9.90 Å². The molecule has 0 radical (unpaired) electrons. The minimum atomic E-state index is -0.874. The van der Waals surface area contributed by atoms with E-state index in [-0.39, 0.29) is 0 Å². The van der Waals surface area contributed by atoms with Gasteiger partial charge in [-0.15, -0.1) is 0 Å². The predicted octanol–water partition coefficient (Wildman–Crippen LogP) is 2.73. The van der Waals surface area contributed by atoms with Crippen LogP contribution in [0.5, 0.6) is 0 Å². The van der Waals surface area contributed by atoms with Gasteiger partial charge in [-0.1, -0.05) is 0 Å². The zero-order chi connectivity index (χ0) is 9.84. The summed E-state index contributed by atoms with van der Waals surface area (Å²) in [6.07, 6.45) is 0. The van der Waals surface area contributed by atoms with E-state index in [9.17, 15) is 4.79 Å². The van der Waals surface area contributed by atoms with Crippen molar-refractivity contribution in [2.24, 2.45) is 0 Å². The number of rotatable bonds is 3. The van der Waals surface area contributed by atoms with Crippen molar-refractivity contribution in [3.63, 3.8) is 0 Å². The molecule has 1 aromatic rings. The molecule has 0 saturated carbocycles. The molecule has 0 saturated heterocycles. The first-order valence-electron chi connectivity index (χ1n) is 3.79. The van der Waals surface area contributed by atoms with Crippen LogP contribution in [0, 0.1) is 0 Å². The molecule has 1 rings (SSSR count). The van der Waals surface area contributed by atoms with Gasteiger partial charge in [-0.25, -0.2) is 0 Å². The summed E-state index contributed by atoms with van der Waals surface area (Å²) in [4.78, 5) is 11.7. The summed E-state index contributed by atoms with van der Waals surface area (Å²) < 4.78 is 0. The Hall–Kier alpha value is -0.402. The molecule has 13 heavy (non-hydrogen) atoms. The molecule has 0 aliphatic rings. The van der Waals surface area contributed by atoms with Gasteiger partial charge in [0.05, 0.1) is 0 Å². The van der Waals surface area contributed by atoms with Gasteiger partial charge in [0, 0.05) is 0 Å². The van der Waals surface area contributed by atoms with Crippen LogP contribution in [-0.4, -0.2) is 24.6 Å². The average Bonchev–Trinajstić information content (AvgIpc) is 2.03. The van der Waals surface area contributed by atoms with Crippen LogP contribution in [0.2, 0.25) is 11.4 Å². The van der Waals surface area contributed by atoms with Crippen molar-refractivity contribution in [3.05, 3.63) is 29.8 Å². The van der Waals surface area contributed by atoms with Gasteiger partial charge < -0.3 is 0 Å². The van der Waals surface area contributed by atoms with Crippen LogP contribution in [0.3, 0.4) is 0 Å². The van der Waals surface area contributed by atoms with Gasteiger partial charge in [0.25, 0.3) is 0 Å². The van der Waals surface area contributed by atoms with Gasteiger partial charge in [0.15, 0.2) is 0 Å². The maximum absolute atomic E-state index is 10.8. The van der Waals surface area contributed by atoms with Crippen molar-refractivity contribution in [3.8, 4) is 0 Å². The van der Waals surface area contributed by atoms with Crippen LogP contribution in [-0.2, 0) is 0 Å². The quantitative estimate of drug-likeness (QED) is 0.847. The third kappa shape index (κ3) is 3.09. The van der Waals surface area contributed by atoms with Gasteiger partial charge in [-0.3, -0.25) is 0 Å². The number of benzene rings is 1. The second-order valence-electron chi connectivity index (χ2n) is 2.70. The molecular weight excluding hydrogens is 247 g/mol. The third-order valence-corrected chi connectivity index (χ3v) is 5.85. The van der Waals surface area contributed by atoms with Crippen LogP contribution in [0.25, 0.3) is 0 Å². The summed E-state index contributed by atoms with van der Waals surface area (Å²) in [5.74, 6) is -0.834. The number of carboxylic acid groups (broad SMARTS) is 1. The van der Waals surface area contributed by atoms with Crippen LogP contribution in [0.1, 0.15) is 10.4 Å². The molecule has 0 aliphatic carbocycles. The third-order valence-electron chi connectivity index (χ3n) is 1.40. The number of aromatic carboxylic acids is 1. The summed E-state index contributed by atoms with van der Waals surface area (Å²) in [6, 6.07) is 7.17. The van der Waals surface area contributed by atoms with Crippen molar-refractivity contribution in [1.82, 2.24) is 0 Å². The number of hydrogen-bond donors (Lipinski definition) is 1. The first-order chi connectivity index (χ1) is 6.11. The maximum atomic E-state index is 10.8. The van der Waals surface area contributed by atoms with E-state index >= 15 is 0 Å². The van der Waals surface area contributed by atoms with Crippen LogP contribution < -0.4 is 0 Å². The topological polar surface area (TPSA) is 37.3 Å². The van der Waals surface area contributed by atoms with Gasteiger partial charge >= 0.3 is 85.5 Å². The Morgan fingerprint density at radius 2 is 2.00 bits per heavy atom. The molecular formula is C9H11AsO2S. The fourth-order valence-electron chi connectivity index (χ4n) is 0.920. The van der Waals surface area contributed by atoms with Crippen LogP contribution >= 0.6 is 10.0 Å². The number of carbonyl (C=O) groups is 1. The minimum absolute atomic E-state index is 0.426. The van der Waals surface area contributed by atoms with Crippen LogP contribution in [0.15, 0.2) is 29.2 Å². The molecule has 1 aromatic carbocycles. The molecule has 0 fully saturated rings. The molecule has 0 atom stereocenters. The standard InChI is InChI=1S/C9H11AsO2S/c1-10(2)13-8-6-4-3-5-7(8)9(11)12/h3-6H,1-2H3,(H,11,12). The summed E-state index contributed by atoms with van der Waals surface area (Å²) in [5.41, 5.74) is 4.81. The van der Waals surface area contributed by atoms with E-state index in [0.29, 0.717) is 5.56 Å². The zero-order valence-corrected chi connectivity index (χ0v) is 10.2. The molecule has 0 amide bonds. The molecule has 2 nitrogen and oxygen atoms in total. The molecule has 4 heteroatoms. The fourth-order valence-corrected chi connectivity index (χ4v) is 5.18. The van der Waals surface area contributed by atoms with Gasteiger partial charge in [-0.05, 0) is 0 Å². The van der Waals surface area contributed by atoms with E-state index in [1.54, 1.807) is 22.2 Å². The van der Waals surface area contributed by atoms with Crippen molar-refractivity contribution >= 4 is 29.5 Å². The van der Waals surface area contributed by atoms with Gasteiger partial charge in [-0.2, -0.15) is 0 Å². The SMILES string of the molecule is C[As](C)Sc1ccccc1C(=O)O. The summed E-state index contributed by atoms with van der Waals surface area (Å²) >= 11 is -0.874. The second kappa shape index (κ2) is 4.73. The molecule has 0 unspecified atom stereocenters. The van der Waals surface area contributed by atoms with E-state index in [4.69, 9.17) is 5.11 Å². The Bertz CT molecular complexity index is 312. The number of hydrogen-bond acceptors (Lipinski definition) is 2. The summed E-state index contributed by atoms with van der Waals surface area (Å²) in [7, 11) is 1.72. The summed E-state index contributed by atoms with van der Waals surface area (Å²) in [6.45, 7) is 0. The first kappa shape index (κ1) is 10.7. The molecule has 0 bridgehead atoms. The monoisotopic (exact) mass is 258 g/mol. The Morgan fingerprint density at radius 1 is 1.38 bits per heavy atom. The van der Waals surface area contributed by atoms with E-state index < -0.39 is 19.5 Å². The molecule has 0 spiro atoms. The average molecular weight is 258 g/mol. The molecule has 70 valence electrons. The molecule has 0 aliphatic heterocycles.